The van der Waals surface area contributed by atoms with E-state index in [1.165, 1.54) is 31.7 Å². The van der Waals surface area contributed by atoms with Gasteiger partial charge < -0.3 is 10.4 Å². The molecule has 0 atom stereocenters. The van der Waals surface area contributed by atoms with Gasteiger partial charge >= 0.3 is 6.09 Å². The van der Waals surface area contributed by atoms with Gasteiger partial charge in [-0.1, -0.05) is 60.0 Å². The second kappa shape index (κ2) is 10.2. The molecule has 2 aromatic carbocycles. The Hall–Kier alpha value is -2.93. The molecule has 30 heavy (non-hydrogen) atoms. The van der Waals surface area contributed by atoms with Crippen molar-refractivity contribution in [3.8, 4) is 22.4 Å². The van der Waals surface area contributed by atoms with Crippen molar-refractivity contribution in [2.75, 3.05) is 6.54 Å². The number of rotatable bonds is 4. The number of nitrogens with zero attached hydrogens (tertiary/aromatic N) is 3. The normalized spacial score (nSPS) is 13.6. The maximum atomic E-state index is 13.6. The van der Waals surface area contributed by atoms with Crippen LogP contribution in [0.2, 0.25) is 5.02 Å². The van der Waals surface area contributed by atoms with Gasteiger partial charge in [0.05, 0.1) is 23.0 Å². The van der Waals surface area contributed by atoms with Crippen LogP contribution in [0, 0.1) is 5.82 Å². The summed E-state index contributed by atoms with van der Waals surface area (Å²) >= 11 is 5.75. The quantitative estimate of drug-likeness (QED) is 0.548. The lowest BCUT2D eigenvalue weighted by Crippen LogP contribution is -2.19. The lowest BCUT2D eigenvalue weighted by molar-refractivity contribution is 0.195. The molecule has 1 fully saturated rings. The number of carbonyl (C=O) groups is 1. The standard InChI is InChI=1S/C19H17ClFN3.C3H7NO2/c20-17-10-9-15(11-18(17)21)13-5-7-14(8-6-13)19-12-22-23-24(19)16-3-1-2-4-16;1-2-4-3(5)6/h5-12,16H,1-4H2;4H,2H2,1H3,(H,5,6). The van der Waals surface area contributed by atoms with Gasteiger partial charge in [-0.15, -0.1) is 5.10 Å². The summed E-state index contributed by atoms with van der Waals surface area (Å²) in [5.74, 6) is -0.401. The Morgan fingerprint density at radius 1 is 1.17 bits per heavy atom. The molecule has 1 aromatic heterocycles. The zero-order chi connectivity index (χ0) is 21.5. The highest BCUT2D eigenvalue weighted by Gasteiger charge is 2.21. The summed E-state index contributed by atoms with van der Waals surface area (Å²) < 4.78 is 15.7. The summed E-state index contributed by atoms with van der Waals surface area (Å²) in [6.45, 7) is 2.21. The average molecular weight is 431 g/mol. The number of carboxylic acid groups (broad SMARTS) is 1. The smallest absolute Gasteiger partial charge is 0.404 e. The van der Waals surface area contributed by atoms with Crippen molar-refractivity contribution in [1.82, 2.24) is 20.3 Å². The van der Waals surface area contributed by atoms with Gasteiger partial charge in [0.15, 0.2) is 0 Å². The number of halogens is 2. The van der Waals surface area contributed by atoms with E-state index in [0.29, 0.717) is 12.6 Å². The topological polar surface area (TPSA) is 80.0 Å². The van der Waals surface area contributed by atoms with Crippen LogP contribution in [-0.4, -0.2) is 32.7 Å². The summed E-state index contributed by atoms with van der Waals surface area (Å²) in [5.41, 5.74) is 3.88. The monoisotopic (exact) mass is 430 g/mol. The molecule has 2 N–H and O–H groups in total. The zero-order valence-corrected chi connectivity index (χ0v) is 17.4. The first-order valence-electron chi connectivity index (χ1n) is 9.92. The minimum absolute atomic E-state index is 0.141. The van der Waals surface area contributed by atoms with Gasteiger partial charge in [0.25, 0.3) is 0 Å². The lowest BCUT2D eigenvalue weighted by Gasteiger charge is -2.13. The molecule has 0 unspecified atom stereocenters. The number of nitrogens with one attached hydrogen (secondary N) is 1. The molecule has 0 saturated heterocycles. The number of hydrogen-bond donors (Lipinski definition) is 2. The van der Waals surface area contributed by atoms with Gasteiger partial charge in [0, 0.05) is 12.1 Å². The molecule has 158 valence electrons. The molecule has 6 nitrogen and oxygen atoms in total. The fourth-order valence-corrected chi connectivity index (χ4v) is 3.65. The molecular formula is C22H24ClFN4O2. The first-order valence-corrected chi connectivity index (χ1v) is 10.3. The Kier molecular flexibility index (Phi) is 7.41. The van der Waals surface area contributed by atoms with E-state index in [1.807, 2.05) is 41.2 Å². The number of benzene rings is 2. The molecule has 1 aliphatic carbocycles. The molecule has 0 bridgehead atoms. The number of hydrogen-bond acceptors (Lipinski definition) is 3. The van der Waals surface area contributed by atoms with Gasteiger partial charge in [-0.05, 0) is 43.0 Å². The van der Waals surface area contributed by atoms with Gasteiger partial charge in [0.2, 0.25) is 0 Å². The molecule has 4 rings (SSSR count). The predicted molar refractivity (Wildman–Crippen MR) is 115 cm³/mol. The van der Waals surface area contributed by atoms with Gasteiger partial charge in [-0.25, -0.2) is 13.9 Å². The summed E-state index contributed by atoms with van der Waals surface area (Å²) in [7, 11) is 0. The van der Waals surface area contributed by atoms with Crippen LogP contribution in [0.3, 0.4) is 0 Å². The average Bonchev–Trinajstić information content (AvgIpc) is 3.42. The Balaban J connectivity index is 0.000000377. The van der Waals surface area contributed by atoms with E-state index in [9.17, 15) is 9.18 Å². The van der Waals surface area contributed by atoms with Crippen molar-refractivity contribution in [3.05, 3.63) is 59.5 Å². The van der Waals surface area contributed by atoms with Crippen LogP contribution in [0.4, 0.5) is 9.18 Å². The van der Waals surface area contributed by atoms with E-state index in [0.717, 1.165) is 22.4 Å². The van der Waals surface area contributed by atoms with Crippen molar-refractivity contribution in [1.29, 1.82) is 0 Å². The molecular weight excluding hydrogens is 407 g/mol. The Labute approximate surface area is 179 Å². The fourth-order valence-electron chi connectivity index (χ4n) is 3.53. The van der Waals surface area contributed by atoms with Crippen LogP contribution < -0.4 is 5.32 Å². The third-order valence-electron chi connectivity index (χ3n) is 5.01. The third-order valence-corrected chi connectivity index (χ3v) is 5.31. The molecule has 0 aliphatic heterocycles. The Morgan fingerprint density at radius 2 is 1.80 bits per heavy atom. The van der Waals surface area contributed by atoms with Crippen LogP contribution in [0.25, 0.3) is 22.4 Å². The van der Waals surface area contributed by atoms with Gasteiger partial charge in [0.1, 0.15) is 5.82 Å². The van der Waals surface area contributed by atoms with Crippen molar-refractivity contribution < 1.29 is 14.3 Å². The largest absolute Gasteiger partial charge is 0.465 e. The van der Waals surface area contributed by atoms with E-state index in [4.69, 9.17) is 16.7 Å². The van der Waals surface area contributed by atoms with E-state index < -0.39 is 11.9 Å². The fraction of sp³-hybridized carbons (Fsp3) is 0.318. The maximum absolute atomic E-state index is 13.6. The second-order valence-electron chi connectivity index (χ2n) is 7.04. The van der Waals surface area contributed by atoms with E-state index in [1.54, 1.807) is 13.0 Å². The van der Waals surface area contributed by atoms with E-state index in [-0.39, 0.29) is 5.02 Å². The van der Waals surface area contributed by atoms with E-state index >= 15 is 0 Å². The molecule has 0 radical (unpaired) electrons. The lowest BCUT2D eigenvalue weighted by atomic mass is 10.0. The summed E-state index contributed by atoms with van der Waals surface area (Å²) in [4.78, 5) is 9.49. The van der Waals surface area contributed by atoms with Crippen molar-refractivity contribution >= 4 is 17.7 Å². The summed E-state index contributed by atoms with van der Waals surface area (Å²) in [5, 5.41) is 18.4. The minimum Gasteiger partial charge on any atom is -0.465 e. The van der Waals surface area contributed by atoms with Crippen molar-refractivity contribution in [3.63, 3.8) is 0 Å². The van der Waals surface area contributed by atoms with Crippen molar-refractivity contribution in [2.45, 2.75) is 38.6 Å². The molecule has 0 spiro atoms. The highest BCUT2D eigenvalue weighted by Crippen LogP contribution is 2.33. The summed E-state index contributed by atoms with van der Waals surface area (Å²) in [6, 6.07) is 13.4. The molecule has 8 heteroatoms. The zero-order valence-electron chi connectivity index (χ0n) is 16.7. The number of aromatic nitrogens is 3. The highest BCUT2D eigenvalue weighted by molar-refractivity contribution is 6.30. The molecule has 1 amide bonds. The number of amides is 1. The van der Waals surface area contributed by atoms with Crippen LogP contribution in [-0.2, 0) is 0 Å². The molecule has 3 aromatic rings. The molecule has 1 saturated carbocycles. The molecule has 1 aliphatic rings. The van der Waals surface area contributed by atoms with E-state index in [2.05, 4.69) is 15.6 Å². The van der Waals surface area contributed by atoms with Crippen LogP contribution in [0.5, 0.6) is 0 Å². The third kappa shape index (κ3) is 5.36. The van der Waals surface area contributed by atoms with Crippen LogP contribution in [0.15, 0.2) is 48.7 Å². The first kappa shape index (κ1) is 21.8. The second-order valence-corrected chi connectivity index (χ2v) is 7.45. The summed E-state index contributed by atoms with van der Waals surface area (Å²) in [6.07, 6.45) is 5.69. The highest BCUT2D eigenvalue weighted by atomic mass is 35.5. The maximum Gasteiger partial charge on any atom is 0.404 e. The Morgan fingerprint density at radius 3 is 2.37 bits per heavy atom. The Bertz CT molecular complexity index is 985. The SMILES string of the molecule is CCNC(=O)O.Fc1cc(-c2ccc(-c3cnnn3C3CCCC3)cc2)ccc1Cl. The first-order chi connectivity index (χ1) is 14.5. The van der Waals surface area contributed by atoms with Gasteiger partial charge in [-0.2, -0.15) is 0 Å². The molecule has 1 heterocycles. The van der Waals surface area contributed by atoms with Crippen LogP contribution >= 0.6 is 11.6 Å². The van der Waals surface area contributed by atoms with Crippen molar-refractivity contribution in [2.24, 2.45) is 0 Å². The predicted octanol–water partition coefficient (Wildman–Crippen LogP) is 5.79. The minimum atomic E-state index is -0.961. The van der Waals surface area contributed by atoms with Gasteiger partial charge in [-0.3, -0.25) is 0 Å². The van der Waals surface area contributed by atoms with Crippen LogP contribution in [0.1, 0.15) is 38.6 Å².